The number of nitrogens with zero attached hydrogens (tertiary/aromatic N) is 2. The smallest absolute Gasteiger partial charge is 0.264 e. The van der Waals surface area contributed by atoms with Gasteiger partial charge in [-0.05, 0) is 24.7 Å². The van der Waals surface area contributed by atoms with Crippen molar-refractivity contribution < 1.29 is 12.6 Å². The van der Waals surface area contributed by atoms with E-state index in [0.717, 1.165) is 30.9 Å². The number of imidazole rings is 1. The SMILES string of the molecule is CC1CCC(CCC(Cn2ccnc2)OS(C)(=O)=O)CC1. The maximum atomic E-state index is 11.4. The fourth-order valence-corrected chi connectivity index (χ4v) is 3.74. The van der Waals surface area contributed by atoms with Gasteiger partial charge in [0, 0.05) is 12.4 Å². The second-order valence-electron chi connectivity index (χ2n) is 6.39. The fraction of sp³-hybridized carbons (Fsp3) is 0.800. The first-order valence-corrected chi connectivity index (χ1v) is 9.58. The minimum atomic E-state index is -3.42. The summed E-state index contributed by atoms with van der Waals surface area (Å²) >= 11 is 0. The Labute approximate surface area is 127 Å². The molecule has 1 saturated carbocycles. The molecule has 1 heterocycles. The van der Waals surface area contributed by atoms with Crippen LogP contribution in [0.25, 0.3) is 0 Å². The van der Waals surface area contributed by atoms with Crippen molar-refractivity contribution in [2.45, 2.75) is 58.1 Å². The molecule has 0 amide bonds. The molecule has 1 aliphatic carbocycles. The van der Waals surface area contributed by atoms with Crippen LogP contribution in [0.4, 0.5) is 0 Å². The van der Waals surface area contributed by atoms with E-state index >= 15 is 0 Å². The first kappa shape index (κ1) is 16.5. The molecule has 1 aromatic rings. The van der Waals surface area contributed by atoms with Crippen molar-refractivity contribution in [1.29, 1.82) is 0 Å². The zero-order valence-electron chi connectivity index (χ0n) is 12.9. The van der Waals surface area contributed by atoms with Crippen molar-refractivity contribution in [3.8, 4) is 0 Å². The predicted octanol–water partition coefficient (Wildman–Crippen LogP) is 2.83. The Morgan fingerprint density at radius 2 is 2.05 bits per heavy atom. The number of rotatable bonds is 7. The highest BCUT2D eigenvalue weighted by Gasteiger charge is 2.22. The summed E-state index contributed by atoms with van der Waals surface area (Å²) in [4.78, 5) is 3.99. The van der Waals surface area contributed by atoms with Crippen LogP contribution >= 0.6 is 0 Å². The van der Waals surface area contributed by atoms with Crippen molar-refractivity contribution in [3.05, 3.63) is 18.7 Å². The molecule has 0 spiro atoms. The maximum absolute atomic E-state index is 11.4. The van der Waals surface area contributed by atoms with Gasteiger partial charge in [-0.2, -0.15) is 8.42 Å². The lowest BCUT2D eigenvalue weighted by atomic mass is 9.80. The van der Waals surface area contributed by atoms with E-state index in [1.54, 1.807) is 12.5 Å². The van der Waals surface area contributed by atoms with E-state index in [2.05, 4.69) is 11.9 Å². The van der Waals surface area contributed by atoms with Gasteiger partial charge in [0.2, 0.25) is 0 Å². The van der Waals surface area contributed by atoms with Crippen LogP contribution < -0.4 is 0 Å². The van der Waals surface area contributed by atoms with Gasteiger partial charge in [-0.25, -0.2) is 4.98 Å². The molecular weight excluding hydrogens is 288 g/mol. The zero-order valence-corrected chi connectivity index (χ0v) is 13.8. The van der Waals surface area contributed by atoms with Gasteiger partial charge in [0.05, 0.1) is 25.2 Å². The van der Waals surface area contributed by atoms with E-state index < -0.39 is 10.1 Å². The van der Waals surface area contributed by atoms with Crippen LogP contribution in [-0.2, 0) is 20.8 Å². The van der Waals surface area contributed by atoms with Crippen molar-refractivity contribution in [2.75, 3.05) is 6.26 Å². The van der Waals surface area contributed by atoms with Gasteiger partial charge in [0.15, 0.2) is 0 Å². The van der Waals surface area contributed by atoms with Gasteiger partial charge in [-0.15, -0.1) is 0 Å². The summed E-state index contributed by atoms with van der Waals surface area (Å²) in [5.74, 6) is 1.56. The van der Waals surface area contributed by atoms with Crippen LogP contribution in [0.2, 0.25) is 0 Å². The van der Waals surface area contributed by atoms with Crippen molar-refractivity contribution >= 4 is 10.1 Å². The van der Waals surface area contributed by atoms with E-state index in [1.807, 2.05) is 10.8 Å². The monoisotopic (exact) mass is 314 g/mol. The molecule has 1 unspecified atom stereocenters. The molecule has 5 nitrogen and oxygen atoms in total. The number of hydrogen-bond acceptors (Lipinski definition) is 4. The molecule has 1 aromatic heterocycles. The Morgan fingerprint density at radius 1 is 1.33 bits per heavy atom. The molecule has 0 aromatic carbocycles. The largest absolute Gasteiger partial charge is 0.335 e. The number of aromatic nitrogens is 2. The zero-order chi connectivity index (χ0) is 15.3. The molecule has 0 bridgehead atoms. The topological polar surface area (TPSA) is 61.2 Å². The quantitative estimate of drug-likeness (QED) is 0.726. The summed E-state index contributed by atoms with van der Waals surface area (Å²) in [6.45, 7) is 2.85. The Balaban J connectivity index is 1.86. The van der Waals surface area contributed by atoms with Gasteiger partial charge in [0.25, 0.3) is 10.1 Å². The Hall–Kier alpha value is -0.880. The van der Waals surface area contributed by atoms with Crippen LogP contribution in [-0.4, -0.2) is 30.3 Å². The van der Waals surface area contributed by atoms with Gasteiger partial charge < -0.3 is 4.57 Å². The summed E-state index contributed by atoms with van der Waals surface area (Å²) in [6.07, 6.45) is 13.0. The van der Waals surface area contributed by atoms with Crippen LogP contribution in [0.1, 0.15) is 45.4 Å². The molecule has 0 aliphatic heterocycles. The second kappa shape index (κ2) is 7.40. The molecule has 6 heteroatoms. The minimum Gasteiger partial charge on any atom is -0.335 e. The molecule has 0 saturated heterocycles. The molecule has 0 N–H and O–H groups in total. The summed E-state index contributed by atoms with van der Waals surface area (Å²) in [7, 11) is -3.42. The summed E-state index contributed by atoms with van der Waals surface area (Å²) < 4.78 is 30.0. The van der Waals surface area contributed by atoms with Crippen molar-refractivity contribution in [2.24, 2.45) is 11.8 Å². The van der Waals surface area contributed by atoms with Gasteiger partial charge in [0.1, 0.15) is 0 Å². The van der Waals surface area contributed by atoms with Gasteiger partial charge in [-0.3, -0.25) is 4.18 Å². The van der Waals surface area contributed by atoms with Gasteiger partial charge in [-0.1, -0.05) is 32.6 Å². The minimum absolute atomic E-state index is 0.298. The Kier molecular flexibility index (Phi) is 5.81. The van der Waals surface area contributed by atoms with E-state index in [1.165, 1.54) is 25.7 Å². The standard InChI is InChI=1S/C15H26N2O3S/c1-13-3-5-14(6-4-13)7-8-15(20-21(2,18)19)11-17-10-9-16-12-17/h9-10,12-15H,3-8,11H2,1-2H3. The fourth-order valence-electron chi connectivity index (χ4n) is 3.09. The average Bonchev–Trinajstić information content (AvgIpc) is 2.89. The van der Waals surface area contributed by atoms with Gasteiger partial charge >= 0.3 is 0 Å². The van der Waals surface area contributed by atoms with Crippen LogP contribution in [0.5, 0.6) is 0 Å². The Morgan fingerprint density at radius 3 is 2.62 bits per heavy atom. The van der Waals surface area contributed by atoms with E-state index in [4.69, 9.17) is 4.18 Å². The summed E-state index contributed by atoms with van der Waals surface area (Å²) in [5.41, 5.74) is 0. The molecule has 21 heavy (non-hydrogen) atoms. The highest BCUT2D eigenvalue weighted by atomic mass is 32.2. The maximum Gasteiger partial charge on any atom is 0.264 e. The van der Waals surface area contributed by atoms with Crippen LogP contribution in [0, 0.1) is 11.8 Å². The predicted molar refractivity (Wildman–Crippen MR) is 82.3 cm³/mol. The lowest BCUT2D eigenvalue weighted by molar-refractivity contribution is 0.159. The highest BCUT2D eigenvalue weighted by Crippen LogP contribution is 2.31. The second-order valence-corrected chi connectivity index (χ2v) is 7.99. The number of hydrogen-bond donors (Lipinski definition) is 0. The molecule has 1 fully saturated rings. The van der Waals surface area contributed by atoms with Crippen LogP contribution in [0.15, 0.2) is 18.7 Å². The average molecular weight is 314 g/mol. The summed E-state index contributed by atoms with van der Waals surface area (Å²) in [6, 6.07) is 0. The third kappa shape index (κ3) is 6.18. The van der Waals surface area contributed by atoms with Crippen LogP contribution in [0.3, 0.4) is 0 Å². The first-order valence-electron chi connectivity index (χ1n) is 7.76. The Bertz CT molecular complexity index is 505. The first-order chi connectivity index (χ1) is 9.92. The summed E-state index contributed by atoms with van der Waals surface area (Å²) in [5, 5.41) is 0. The normalized spacial score (nSPS) is 24.9. The third-order valence-corrected chi connectivity index (χ3v) is 4.94. The van der Waals surface area contributed by atoms with E-state index in [9.17, 15) is 8.42 Å². The molecule has 0 radical (unpaired) electrons. The third-order valence-electron chi connectivity index (χ3n) is 4.32. The van der Waals surface area contributed by atoms with Crippen molar-refractivity contribution in [3.63, 3.8) is 0 Å². The van der Waals surface area contributed by atoms with E-state index in [0.29, 0.717) is 6.54 Å². The van der Waals surface area contributed by atoms with E-state index in [-0.39, 0.29) is 6.10 Å². The lowest BCUT2D eigenvalue weighted by Gasteiger charge is -2.27. The van der Waals surface area contributed by atoms with Crippen molar-refractivity contribution in [1.82, 2.24) is 9.55 Å². The molecule has 1 atom stereocenters. The molecule has 1 aliphatic rings. The highest BCUT2D eigenvalue weighted by molar-refractivity contribution is 7.86. The molecule has 120 valence electrons. The lowest BCUT2D eigenvalue weighted by Crippen LogP contribution is -2.24. The molecular formula is C15H26N2O3S. The molecule has 2 rings (SSSR count).